The predicted molar refractivity (Wildman–Crippen MR) is 91.7 cm³/mol. The van der Waals surface area contributed by atoms with Crippen LogP contribution in [0.25, 0.3) is 0 Å². The third kappa shape index (κ3) is 4.03. The van der Waals surface area contributed by atoms with Crippen molar-refractivity contribution in [2.75, 3.05) is 11.1 Å². The molecule has 0 aliphatic rings. The highest BCUT2D eigenvalue weighted by Gasteiger charge is 2.33. The molecule has 0 unspecified atom stereocenters. The Hall–Kier alpha value is -2.74. The molecule has 8 heteroatoms. The van der Waals surface area contributed by atoms with E-state index in [1.165, 1.54) is 36.3 Å². The predicted octanol–water partition coefficient (Wildman–Crippen LogP) is 4.97. The number of nitrogens with zero attached hydrogens (tertiary/aromatic N) is 2. The number of nitrogens with two attached hydrogens (primary N) is 1. The Bertz CT molecular complexity index is 869. The molecule has 0 spiro atoms. The highest BCUT2D eigenvalue weighted by Crippen LogP contribution is 2.38. The summed E-state index contributed by atoms with van der Waals surface area (Å²) in [6.07, 6.45) is -3.22. The van der Waals surface area contributed by atoms with Gasteiger partial charge in [0.25, 0.3) is 0 Å². The maximum atomic E-state index is 13.1. The highest BCUT2D eigenvalue weighted by molar-refractivity contribution is 7.99. The zero-order valence-corrected chi connectivity index (χ0v) is 13.6. The summed E-state index contributed by atoms with van der Waals surface area (Å²) in [4.78, 5) is 8.99. The highest BCUT2D eigenvalue weighted by atomic mass is 32.2. The molecule has 2 aromatic carbocycles. The summed E-state index contributed by atoms with van der Waals surface area (Å²) in [6, 6.07) is 14.6. The van der Waals surface area contributed by atoms with Crippen LogP contribution in [0.15, 0.2) is 70.8 Å². The zero-order valence-electron chi connectivity index (χ0n) is 12.8. The number of benzene rings is 2. The normalized spacial score (nSPS) is 11.3. The quantitative estimate of drug-likeness (QED) is 0.642. The van der Waals surface area contributed by atoms with Crippen molar-refractivity contribution in [3.05, 3.63) is 66.5 Å². The standard InChI is InChI=1S/C17H13F3N4S/c18-17(19,20)12-8-4-5-9-13(12)24-15-14(21)16(23-10-22-15)25-11-6-2-1-3-7-11/h1-10H,21H2,(H,22,23,24). The van der Waals surface area contributed by atoms with Gasteiger partial charge >= 0.3 is 6.18 Å². The Morgan fingerprint density at radius 1 is 0.920 bits per heavy atom. The molecule has 0 atom stereocenters. The first-order valence-electron chi connectivity index (χ1n) is 7.22. The molecule has 0 saturated carbocycles. The zero-order chi connectivity index (χ0) is 17.9. The number of rotatable bonds is 4. The van der Waals surface area contributed by atoms with Gasteiger partial charge in [0, 0.05) is 4.90 Å². The van der Waals surface area contributed by atoms with Gasteiger partial charge in [-0.1, -0.05) is 42.1 Å². The molecule has 1 heterocycles. The van der Waals surface area contributed by atoms with E-state index in [9.17, 15) is 13.2 Å². The third-order valence-electron chi connectivity index (χ3n) is 3.29. The Morgan fingerprint density at radius 3 is 2.32 bits per heavy atom. The lowest BCUT2D eigenvalue weighted by Gasteiger charge is -2.15. The van der Waals surface area contributed by atoms with Crippen molar-refractivity contribution in [2.45, 2.75) is 16.1 Å². The molecule has 3 aromatic rings. The number of hydrogen-bond donors (Lipinski definition) is 2. The number of anilines is 3. The number of alkyl halides is 3. The van der Waals surface area contributed by atoms with Crippen LogP contribution in [0.5, 0.6) is 0 Å². The van der Waals surface area contributed by atoms with E-state index >= 15 is 0 Å². The summed E-state index contributed by atoms with van der Waals surface area (Å²) in [7, 11) is 0. The van der Waals surface area contributed by atoms with E-state index in [2.05, 4.69) is 15.3 Å². The molecule has 3 rings (SSSR count). The summed E-state index contributed by atoms with van der Waals surface area (Å²) in [6.45, 7) is 0. The lowest BCUT2D eigenvalue weighted by molar-refractivity contribution is -0.136. The summed E-state index contributed by atoms with van der Waals surface area (Å²) in [5.74, 6) is 0.130. The lowest BCUT2D eigenvalue weighted by Crippen LogP contribution is -2.10. The number of aromatic nitrogens is 2. The van der Waals surface area contributed by atoms with Crippen LogP contribution >= 0.6 is 11.8 Å². The van der Waals surface area contributed by atoms with Crippen LogP contribution in [0.1, 0.15) is 5.56 Å². The minimum absolute atomic E-state index is 0.115. The largest absolute Gasteiger partial charge is 0.418 e. The molecule has 3 N–H and O–H groups in total. The summed E-state index contributed by atoms with van der Waals surface area (Å²) in [5, 5.41) is 3.13. The summed E-state index contributed by atoms with van der Waals surface area (Å²) < 4.78 is 39.3. The average molecular weight is 362 g/mol. The molecular weight excluding hydrogens is 349 g/mol. The molecule has 0 saturated heterocycles. The molecule has 0 aliphatic carbocycles. The van der Waals surface area contributed by atoms with Crippen LogP contribution in [0.4, 0.5) is 30.4 Å². The van der Waals surface area contributed by atoms with Crippen molar-refractivity contribution in [1.29, 1.82) is 0 Å². The van der Waals surface area contributed by atoms with Crippen LogP contribution < -0.4 is 11.1 Å². The lowest BCUT2D eigenvalue weighted by atomic mass is 10.1. The first-order chi connectivity index (χ1) is 11.9. The third-order valence-corrected chi connectivity index (χ3v) is 4.32. The van der Waals surface area contributed by atoms with E-state index in [1.807, 2.05) is 30.3 Å². The van der Waals surface area contributed by atoms with E-state index in [4.69, 9.17) is 5.73 Å². The molecule has 4 nitrogen and oxygen atoms in total. The molecule has 128 valence electrons. The maximum absolute atomic E-state index is 13.1. The van der Waals surface area contributed by atoms with Gasteiger partial charge < -0.3 is 11.1 Å². The Morgan fingerprint density at radius 2 is 1.60 bits per heavy atom. The molecular formula is C17H13F3N4S. The number of nitrogens with one attached hydrogen (secondary N) is 1. The molecule has 0 fully saturated rings. The fourth-order valence-electron chi connectivity index (χ4n) is 2.13. The van der Waals surface area contributed by atoms with Gasteiger partial charge in [-0.2, -0.15) is 13.2 Å². The van der Waals surface area contributed by atoms with E-state index in [-0.39, 0.29) is 17.2 Å². The first kappa shape index (κ1) is 17.1. The van der Waals surface area contributed by atoms with Gasteiger partial charge in [0.15, 0.2) is 5.82 Å². The first-order valence-corrected chi connectivity index (χ1v) is 8.03. The van der Waals surface area contributed by atoms with Crippen molar-refractivity contribution in [3.8, 4) is 0 Å². The second kappa shape index (κ2) is 7.02. The van der Waals surface area contributed by atoms with Crippen LogP contribution in [0, 0.1) is 0 Å². The van der Waals surface area contributed by atoms with Gasteiger partial charge in [-0.25, -0.2) is 9.97 Å². The number of nitrogen functional groups attached to an aromatic ring is 1. The number of para-hydroxylation sites is 1. The Kier molecular flexibility index (Phi) is 4.80. The molecule has 0 aliphatic heterocycles. The van der Waals surface area contributed by atoms with Gasteiger partial charge in [-0.15, -0.1) is 0 Å². The fourth-order valence-corrected chi connectivity index (χ4v) is 2.95. The van der Waals surface area contributed by atoms with E-state index in [0.29, 0.717) is 5.03 Å². The number of halogens is 3. The second-order valence-corrected chi connectivity index (χ2v) is 6.09. The van der Waals surface area contributed by atoms with Crippen molar-refractivity contribution < 1.29 is 13.2 Å². The average Bonchev–Trinajstić information content (AvgIpc) is 2.59. The van der Waals surface area contributed by atoms with Gasteiger partial charge in [0.05, 0.1) is 11.3 Å². The van der Waals surface area contributed by atoms with Crippen molar-refractivity contribution in [1.82, 2.24) is 9.97 Å². The van der Waals surface area contributed by atoms with Crippen LogP contribution in [-0.4, -0.2) is 9.97 Å². The molecule has 0 amide bonds. The smallest absolute Gasteiger partial charge is 0.394 e. The van der Waals surface area contributed by atoms with Crippen molar-refractivity contribution in [3.63, 3.8) is 0 Å². The topological polar surface area (TPSA) is 63.8 Å². The SMILES string of the molecule is Nc1c(Nc2ccccc2C(F)(F)F)ncnc1Sc1ccccc1. The molecule has 0 bridgehead atoms. The van der Waals surface area contributed by atoms with Gasteiger partial charge in [-0.05, 0) is 24.3 Å². The van der Waals surface area contributed by atoms with E-state index in [1.54, 1.807) is 0 Å². The maximum Gasteiger partial charge on any atom is 0.418 e. The van der Waals surface area contributed by atoms with Crippen LogP contribution in [0.2, 0.25) is 0 Å². The minimum atomic E-state index is -4.48. The van der Waals surface area contributed by atoms with Crippen molar-refractivity contribution >= 4 is 29.0 Å². The Labute approximate surface area is 146 Å². The van der Waals surface area contributed by atoms with E-state index in [0.717, 1.165) is 11.0 Å². The number of hydrogen-bond acceptors (Lipinski definition) is 5. The fraction of sp³-hybridized carbons (Fsp3) is 0.0588. The van der Waals surface area contributed by atoms with Gasteiger partial charge in [0.2, 0.25) is 0 Å². The van der Waals surface area contributed by atoms with Gasteiger partial charge in [-0.3, -0.25) is 0 Å². The molecule has 0 radical (unpaired) electrons. The van der Waals surface area contributed by atoms with Crippen LogP contribution in [-0.2, 0) is 6.18 Å². The van der Waals surface area contributed by atoms with Gasteiger partial charge in [0.1, 0.15) is 17.0 Å². The summed E-state index contributed by atoms with van der Waals surface area (Å²) in [5.41, 5.74) is 5.34. The van der Waals surface area contributed by atoms with E-state index < -0.39 is 11.7 Å². The monoisotopic (exact) mass is 362 g/mol. The second-order valence-electron chi connectivity index (χ2n) is 5.02. The molecule has 25 heavy (non-hydrogen) atoms. The Balaban J connectivity index is 1.91. The summed E-state index contributed by atoms with van der Waals surface area (Å²) >= 11 is 1.31. The minimum Gasteiger partial charge on any atom is -0.394 e. The van der Waals surface area contributed by atoms with Crippen LogP contribution in [0.3, 0.4) is 0 Å². The molecule has 1 aromatic heterocycles. The van der Waals surface area contributed by atoms with Crippen molar-refractivity contribution in [2.24, 2.45) is 0 Å².